The Balaban J connectivity index is 0.00000280. The summed E-state index contributed by atoms with van der Waals surface area (Å²) in [6.45, 7) is 8.79. The average Bonchev–Trinajstić information content (AvgIpc) is 2.65. The summed E-state index contributed by atoms with van der Waals surface area (Å²) < 4.78 is 11.2. The lowest BCUT2D eigenvalue weighted by Crippen LogP contribution is -2.55. The first kappa shape index (κ1) is 22.6. The van der Waals surface area contributed by atoms with Crippen molar-refractivity contribution in [3.05, 3.63) is 35.4 Å². The number of halogens is 1. The second-order valence-corrected chi connectivity index (χ2v) is 7.39. The smallest absolute Gasteiger partial charge is 0.254 e. The monoisotopic (exact) mass is 411 g/mol. The Hall–Kier alpha value is -1.67. The molecule has 1 aromatic carbocycles. The molecule has 7 nitrogen and oxygen atoms in total. The molecule has 2 unspecified atom stereocenters. The molecule has 2 N–H and O–H groups in total. The Kier molecular flexibility index (Phi) is 8.24. The summed E-state index contributed by atoms with van der Waals surface area (Å²) >= 11 is 0. The molecule has 1 aromatic rings. The number of hydrogen-bond donors (Lipinski definition) is 2. The lowest BCUT2D eigenvalue weighted by atomic mass is 10.1. The minimum absolute atomic E-state index is 0. The summed E-state index contributed by atoms with van der Waals surface area (Å²) in [6, 6.07) is 7.08. The zero-order valence-electron chi connectivity index (χ0n) is 16.6. The van der Waals surface area contributed by atoms with Crippen molar-refractivity contribution >= 4 is 24.2 Å². The molecule has 0 saturated carbocycles. The third-order valence-electron chi connectivity index (χ3n) is 4.97. The molecule has 2 heterocycles. The van der Waals surface area contributed by atoms with Crippen molar-refractivity contribution in [1.82, 2.24) is 15.5 Å². The zero-order valence-corrected chi connectivity index (χ0v) is 17.5. The molecule has 0 radical (unpaired) electrons. The third kappa shape index (κ3) is 5.67. The van der Waals surface area contributed by atoms with E-state index in [0.717, 1.165) is 5.56 Å². The first-order valence-corrected chi connectivity index (χ1v) is 9.60. The van der Waals surface area contributed by atoms with Gasteiger partial charge >= 0.3 is 0 Å². The molecule has 2 fully saturated rings. The molecule has 2 aliphatic rings. The molecular weight excluding hydrogens is 382 g/mol. The second kappa shape index (κ2) is 10.2. The van der Waals surface area contributed by atoms with E-state index >= 15 is 0 Å². The highest BCUT2D eigenvalue weighted by atomic mass is 35.5. The van der Waals surface area contributed by atoms with Crippen LogP contribution in [0.4, 0.5) is 0 Å². The van der Waals surface area contributed by atoms with E-state index in [2.05, 4.69) is 10.6 Å². The molecule has 8 heteroatoms. The van der Waals surface area contributed by atoms with Crippen molar-refractivity contribution in [2.75, 3.05) is 26.2 Å². The van der Waals surface area contributed by atoms with Crippen molar-refractivity contribution in [1.29, 1.82) is 0 Å². The van der Waals surface area contributed by atoms with E-state index in [-0.39, 0.29) is 48.6 Å². The van der Waals surface area contributed by atoms with Gasteiger partial charge in [-0.05, 0) is 38.5 Å². The molecule has 2 aliphatic heterocycles. The highest BCUT2D eigenvalue weighted by molar-refractivity contribution is 5.94. The van der Waals surface area contributed by atoms with Crippen molar-refractivity contribution < 1.29 is 19.1 Å². The van der Waals surface area contributed by atoms with Crippen LogP contribution in [-0.2, 0) is 20.8 Å². The lowest BCUT2D eigenvalue weighted by molar-refractivity contribution is -0.129. The molecule has 2 amide bonds. The predicted molar refractivity (Wildman–Crippen MR) is 109 cm³/mol. The van der Waals surface area contributed by atoms with Crippen LogP contribution < -0.4 is 10.6 Å². The summed E-state index contributed by atoms with van der Waals surface area (Å²) in [5, 5.41) is 6.10. The minimum Gasteiger partial charge on any atom is -0.375 e. The molecule has 0 spiro atoms. The molecule has 0 bridgehead atoms. The normalized spacial score (nSPS) is 27.6. The molecule has 28 heavy (non-hydrogen) atoms. The van der Waals surface area contributed by atoms with E-state index in [1.165, 1.54) is 0 Å². The largest absolute Gasteiger partial charge is 0.375 e. The van der Waals surface area contributed by atoms with Crippen LogP contribution in [0.3, 0.4) is 0 Å². The second-order valence-electron chi connectivity index (χ2n) is 7.39. The van der Waals surface area contributed by atoms with E-state index < -0.39 is 0 Å². The quantitative estimate of drug-likeness (QED) is 0.781. The van der Waals surface area contributed by atoms with Gasteiger partial charge in [-0.3, -0.25) is 9.59 Å². The first-order chi connectivity index (χ1) is 12.9. The van der Waals surface area contributed by atoms with Gasteiger partial charge in [0.1, 0.15) is 6.04 Å². The van der Waals surface area contributed by atoms with Crippen LogP contribution in [0.2, 0.25) is 0 Å². The van der Waals surface area contributed by atoms with E-state index in [1.54, 1.807) is 0 Å². The van der Waals surface area contributed by atoms with Crippen molar-refractivity contribution in [2.24, 2.45) is 0 Å². The maximum atomic E-state index is 12.7. The molecule has 0 aromatic heterocycles. The van der Waals surface area contributed by atoms with Gasteiger partial charge in [-0.15, -0.1) is 12.4 Å². The van der Waals surface area contributed by atoms with Gasteiger partial charge in [0.05, 0.1) is 24.9 Å². The highest BCUT2D eigenvalue weighted by Crippen LogP contribution is 2.15. The Labute approximate surface area is 172 Å². The number of nitrogens with one attached hydrogen (secondary N) is 2. The van der Waals surface area contributed by atoms with E-state index in [4.69, 9.17) is 9.47 Å². The average molecular weight is 412 g/mol. The number of benzene rings is 1. The van der Waals surface area contributed by atoms with Crippen LogP contribution in [-0.4, -0.2) is 67.3 Å². The molecule has 3 rings (SSSR count). The molecule has 0 aliphatic carbocycles. The number of carbonyl (C=O) groups excluding carboxylic acids is 2. The molecular formula is C20H30ClN3O4. The van der Waals surface area contributed by atoms with Gasteiger partial charge in [-0.1, -0.05) is 12.1 Å². The van der Waals surface area contributed by atoms with Gasteiger partial charge in [0.2, 0.25) is 5.91 Å². The fraction of sp³-hybridized carbons (Fsp3) is 0.600. The van der Waals surface area contributed by atoms with Crippen LogP contribution in [0.5, 0.6) is 0 Å². The first-order valence-electron chi connectivity index (χ1n) is 9.60. The number of hydrogen-bond acceptors (Lipinski definition) is 5. The summed E-state index contributed by atoms with van der Waals surface area (Å²) in [6.07, 6.45) is -0.0454. The number of rotatable bonds is 4. The Morgan fingerprint density at radius 2 is 1.79 bits per heavy atom. The van der Waals surface area contributed by atoms with Gasteiger partial charge in [0.15, 0.2) is 0 Å². The standard InChI is InChI=1S/C20H29N3O4.ClH/c1-13-11-23(12-14(2)27-13)20(25)17-6-4-16(5-7-17)10-22-19(24)18-15(3)26-9-8-21-18;/h4-7,13-15,18,21H,8-12H2,1-3H3,(H,22,24);1H/t13?,14?,15-,18+;/m1./s1. The van der Waals surface area contributed by atoms with Gasteiger partial charge in [-0.25, -0.2) is 0 Å². The van der Waals surface area contributed by atoms with Crippen LogP contribution >= 0.6 is 12.4 Å². The predicted octanol–water partition coefficient (Wildman–Crippen LogP) is 1.35. The zero-order chi connectivity index (χ0) is 19.4. The number of nitrogens with zero attached hydrogens (tertiary/aromatic N) is 1. The summed E-state index contributed by atoms with van der Waals surface area (Å²) in [4.78, 5) is 26.8. The van der Waals surface area contributed by atoms with E-state index in [1.807, 2.05) is 49.9 Å². The molecule has 2 saturated heterocycles. The maximum absolute atomic E-state index is 12.7. The lowest BCUT2D eigenvalue weighted by Gasteiger charge is -2.35. The topological polar surface area (TPSA) is 79.9 Å². The van der Waals surface area contributed by atoms with Crippen molar-refractivity contribution in [3.63, 3.8) is 0 Å². The summed E-state index contributed by atoms with van der Waals surface area (Å²) in [7, 11) is 0. The van der Waals surface area contributed by atoms with E-state index in [0.29, 0.717) is 38.3 Å². The molecule has 4 atom stereocenters. The number of amides is 2. The number of carbonyl (C=O) groups is 2. The van der Waals surface area contributed by atoms with Gasteiger partial charge in [0, 0.05) is 31.7 Å². The fourth-order valence-electron chi connectivity index (χ4n) is 3.62. The number of morpholine rings is 2. The van der Waals surface area contributed by atoms with Crippen LogP contribution in [0.15, 0.2) is 24.3 Å². The summed E-state index contributed by atoms with van der Waals surface area (Å²) in [5.41, 5.74) is 1.61. The van der Waals surface area contributed by atoms with Crippen LogP contribution in [0.1, 0.15) is 36.7 Å². The van der Waals surface area contributed by atoms with Crippen molar-refractivity contribution in [3.8, 4) is 0 Å². The number of ether oxygens (including phenoxy) is 2. The van der Waals surface area contributed by atoms with Crippen LogP contribution in [0, 0.1) is 0 Å². The third-order valence-corrected chi connectivity index (χ3v) is 4.97. The van der Waals surface area contributed by atoms with E-state index in [9.17, 15) is 9.59 Å². The Morgan fingerprint density at radius 1 is 1.14 bits per heavy atom. The van der Waals surface area contributed by atoms with Gasteiger partial charge < -0.3 is 25.0 Å². The van der Waals surface area contributed by atoms with Gasteiger partial charge in [-0.2, -0.15) is 0 Å². The Bertz CT molecular complexity index is 660. The van der Waals surface area contributed by atoms with Gasteiger partial charge in [0.25, 0.3) is 5.91 Å². The Morgan fingerprint density at radius 3 is 2.39 bits per heavy atom. The van der Waals surface area contributed by atoms with Crippen molar-refractivity contribution in [2.45, 2.75) is 51.7 Å². The highest BCUT2D eigenvalue weighted by Gasteiger charge is 2.28. The van der Waals surface area contributed by atoms with Crippen LogP contribution in [0.25, 0.3) is 0 Å². The fourth-order valence-corrected chi connectivity index (χ4v) is 3.62. The summed E-state index contributed by atoms with van der Waals surface area (Å²) in [5.74, 6) is -0.0522. The SMILES string of the molecule is CC1CN(C(=O)c2ccc(CNC(=O)[C@H]3NCCO[C@@H]3C)cc2)CC(C)O1.Cl. The minimum atomic E-state index is -0.329. The maximum Gasteiger partial charge on any atom is 0.254 e. The molecule has 156 valence electrons.